The largest absolute Gasteiger partial charge is 0.457 e. The molecule has 0 unspecified atom stereocenters. The Morgan fingerprint density at radius 3 is 2.02 bits per heavy atom. The minimum atomic E-state index is -4.16. The first-order valence-electron chi connectivity index (χ1n) is 15.3. The van der Waals surface area contributed by atoms with E-state index in [0.717, 1.165) is 41.1 Å². The Morgan fingerprint density at radius 1 is 0.822 bits per heavy atom. The molecular formula is C36H39N3O5S. The maximum atomic E-state index is 14.2. The molecule has 0 saturated heterocycles. The van der Waals surface area contributed by atoms with Crippen LogP contribution in [0.15, 0.2) is 114 Å². The van der Waals surface area contributed by atoms with Crippen LogP contribution in [0.5, 0.6) is 11.5 Å². The second kappa shape index (κ2) is 14.4. The number of carbonyl (C=O) groups is 2. The molecule has 0 aliphatic heterocycles. The fourth-order valence-electron chi connectivity index (χ4n) is 5.43. The molecule has 1 aliphatic carbocycles. The van der Waals surface area contributed by atoms with Crippen molar-refractivity contribution in [1.82, 2.24) is 10.2 Å². The van der Waals surface area contributed by atoms with E-state index >= 15 is 0 Å². The van der Waals surface area contributed by atoms with Crippen LogP contribution in [0.2, 0.25) is 0 Å². The Bertz CT molecular complexity index is 1670. The van der Waals surface area contributed by atoms with Crippen molar-refractivity contribution in [3.05, 3.63) is 120 Å². The summed E-state index contributed by atoms with van der Waals surface area (Å²) < 4.78 is 35.2. The number of amides is 2. The summed E-state index contributed by atoms with van der Waals surface area (Å²) in [5.41, 5.74) is 2.05. The SMILES string of the molecule is Cc1ccc(S(=O)(=O)N(CC(=O)N(Cc2ccccc2)[C@H](C)C(=O)NC2CCCC2)c2ccc(Oc3ccccc3)cc2)cc1. The molecule has 0 radical (unpaired) electrons. The second-order valence-electron chi connectivity index (χ2n) is 11.4. The molecule has 0 bridgehead atoms. The third kappa shape index (κ3) is 8.10. The maximum Gasteiger partial charge on any atom is 0.264 e. The van der Waals surface area contributed by atoms with Gasteiger partial charge in [-0.1, -0.05) is 79.1 Å². The minimum Gasteiger partial charge on any atom is -0.457 e. The number of para-hydroxylation sites is 1. The molecule has 9 heteroatoms. The van der Waals surface area contributed by atoms with Gasteiger partial charge in [0.2, 0.25) is 11.8 Å². The average Bonchev–Trinajstić information content (AvgIpc) is 3.57. The zero-order chi connectivity index (χ0) is 31.8. The first kappa shape index (κ1) is 31.8. The first-order valence-corrected chi connectivity index (χ1v) is 16.7. The maximum absolute atomic E-state index is 14.2. The molecule has 0 aromatic heterocycles. The molecule has 234 valence electrons. The molecule has 1 N–H and O–H groups in total. The van der Waals surface area contributed by atoms with Gasteiger partial charge in [-0.05, 0) is 80.8 Å². The van der Waals surface area contributed by atoms with Crippen molar-refractivity contribution in [2.45, 2.75) is 63.1 Å². The summed E-state index contributed by atoms with van der Waals surface area (Å²) in [4.78, 5) is 29.1. The smallest absolute Gasteiger partial charge is 0.264 e. The molecule has 0 spiro atoms. The summed E-state index contributed by atoms with van der Waals surface area (Å²) >= 11 is 0. The first-order chi connectivity index (χ1) is 21.7. The van der Waals surface area contributed by atoms with Gasteiger partial charge in [0, 0.05) is 12.6 Å². The summed E-state index contributed by atoms with van der Waals surface area (Å²) in [7, 11) is -4.16. The highest BCUT2D eigenvalue weighted by Crippen LogP contribution is 2.29. The number of benzene rings is 4. The van der Waals surface area contributed by atoms with Gasteiger partial charge in [0.05, 0.1) is 10.6 Å². The van der Waals surface area contributed by atoms with E-state index in [-0.39, 0.29) is 23.4 Å². The number of nitrogens with zero attached hydrogens (tertiary/aromatic N) is 2. The highest BCUT2D eigenvalue weighted by atomic mass is 32.2. The molecule has 4 aromatic carbocycles. The predicted molar refractivity (Wildman–Crippen MR) is 176 cm³/mol. The molecule has 4 aromatic rings. The van der Waals surface area contributed by atoms with Gasteiger partial charge in [-0.3, -0.25) is 13.9 Å². The van der Waals surface area contributed by atoms with E-state index in [0.29, 0.717) is 17.2 Å². The summed E-state index contributed by atoms with van der Waals surface area (Å²) in [6.45, 7) is 3.23. The van der Waals surface area contributed by atoms with Crippen LogP contribution in [0.25, 0.3) is 0 Å². The number of ether oxygens (including phenoxy) is 1. The van der Waals surface area contributed by atoms with E-state index in [1.807, 2.05) is 67.6 Å². The van der Waals surface area contributed by atoms with Gasteiger partial charge < -0.3 is 15.0 Å². The van der Waals surface area contributed by atoms with Crippen LogP contribution in [0.3, 0.4) is 0 Å². The highest BCUT2D eigenvalue weighted by Gasteiger charge is 2.33. The van der Waals surface area contributed by atoms with Gasteiger partial charge in [-0.15, -0.1) is 0 Å². The Balaban J connectivity index is 1.46. The number of hydrogen-bond acceptors (Lipinski definition) is 5. The van der Waals surface area contributed by atoms with Gasteiger partial charge in [0.1, 0.15) is 24.1 Å². The number of aryl methyl sites for hydroxylation is 1. The van der Waals surface area contributed by atoms with Crippen LogP contribution in [0.4, 0.5) is 5.69 Å². The van der Waals surface area contributed by atoms with Gasteiger partial charge in [0.25, 0.3) is 10.0 Å². The highest BCUT2D eigenvalue weighted by molar-refractivity contribution is 7.92. The number of rotatable bonds is 12. The third-order valence-electron chi connectivity index (χ3n) is 8.06. The third-order valence-corrected chi connectivity index (χ3v) is 9.84. The molecule has 0 heterocycles. The van der Waals surface area contributed by atoms with Gasteiger partial charge in [-0.2, -0.15) is 0 Å². The van der Waals surface area contributed by atoms with Crippen molar-refractivity contribution < 1.29 is 22.7 Å². The fourth-order valence-corrected chi connectivity index (χ4v) is 6.84. The van der Waals surface area contributed by atoms with E-state index in [9.17, 15) is 18.0 Å². The average molecular weight is 626 g/mol. The Kier molecular flexibility index (Phi) is 10.2. The van der Waals surface area contributed by atoms with Gasteiger partial charge in [0.15, 0.2) is 0 Å². The zero-order valence-corrected chi connectivity index (χ0v) is 26.5. The second-order valence-corrected chi connectivity index (χ2v) is 13.3. The van der Waals surface area contributed by atoms with Crippen LogP contribution in [-0.4, -0.2) is 43.8 Å². The van der Waals surface area contributed by atoms with Crippen LogP contribution in [0.1, 0.15) is 43.7 Å². The molecule has 45 heavy (non-hydrogen) atoms. The van der Waals surface area contributed by atoms with Crippen LogP contribution >= 0.6 is 0 Å². The van der Waals surface area contributed by atoms with Crippen molar-refractivity contribution in [3.8, 4) is 11.5 Å². The van der Waals surface area contributed by atoms with Gasteiger partial charge in [-0.25, -0.2) is 8.42 Å². The Labute approximate surface area is 265 Å². The molecule has 1 aliphatic rings. The number of sulfonamides is 1. The van der Waals surface area contributed by atoms with E-state index in [2.05, 4.69) is 5.32 Å². The lowest BCUT2D eigenvalue weighted by Crippen LogP contribution is -2.52. The van der Waals surface area contributed by atoms with Crippen LogP contribution in [0, 0.1) is 6.92 Å². The molecule has 5 rings (SSSR count). The van der Waals surface area contributed by atoms with Crippen molar-refractivity contribution in [2.24, 2.45) is 0 Å². The monoisotopic (exact) mass is 625 g/mol. The quantitative estimate of drug-likeness (QED) is 0.195. The van der Waals surface area contributed by atoms with Crippen LogP contribution < -0.4 is 14.4 Å². The van der Waals surface area contributed by atoms with Crippen molar-refractivity contribution >= 4 is 27.5 Å². The Morgan fingerprint density at radius 2 is 1.40 bits per heavy atom. The number of anilines is 1. The molecule has 8 nitrogen and oxygen atoms in total. The lowest BCUT2D eigenvalue weighted by atomic mass is 10.1. The summed E-state index contributed by atoms with van der Waals surface area (Å²) in [6.07, 6.45) is 3.95. The molecule has 2 amide bonds. The topological polar surface area (TPSA) is 96.0 Å². The number of hydrogen-bond donors (Lipinski definition) is 1. The molecule has 1 saturated carbocycles. The van der Waals surface area contributed by atoms with E-state index in [1.165, 1.54) is 17.0 Å². The van der Waals surface area contributed by atoms with E-state index in [4.69, 9.17) is 4.74 Å². The molecular weight excluding hydrogens is 586 g/mol. The van der Waals surface area contributed by atoms with Crippen molar-refractivity contribution in [2.75, 3.05) is 10.8 Å². The normalized spacial score (nSPS) is 14.0. The van der Waals surface area contributed by atoms with Crippen LogP contribution in [-0.2, 0) is 26.2 Å². The van der Waals surface area contributed by atoms with Crippen molar-refractivity contribution in [1.29, 1.82) is 0 Å². The molecule has 1 atom stereocenters. The number of carbonyl (C=O) groups excluding carboxylic acids is 2. The number of nitrogens with one attached hydrogen (secondary N) is 1. The standard InChI is InChI=1S/C36H39N3O5S/c1-27-17-23-34(24-18-27)45(42,43)39(31-19-21-33(22-20-31)44-32-15-7-4-8-16-32)26-35(40)38(25-29-11-5-3-6-12-29)28(2)36(41)37-30-13-9-10-14-30/h3-8,11-12,15-24,28,30H,9-10,13-14,25-26H2,1-2H3,(H,37,41)/t28-/m1/s1. The van der Waals surface area contributed by atoms with Gasteiger partial charge >= 0.3 is 0 Å². The molecule has 1 fully saturated rings. The predicted octanol–water partition coefficient (Wildman–Crippen LogP) is 6.46. The Hall–Kier alpha value is -4.63. The lowest BCUT2D eigenvalue weighted by molar-refractivity contribution is -0.139. The van der Waals surface area contributed by atoms with E-state index in [1.54, 1.807) is 43.3 Å². The van der Waals surface area contributed by atoms with E-state index < -0.39 is 28.5 Å². The summed E-state index contributed by atoms with van der Waals surface area (Å²) in [5, 5.41) is 3.09. The van der Waals surface area contributed by atoms with Crippen molar-refractivity contribution in [3.63, 3.8) is 0 Å². The lowest BCUT2D eigenvalue weighted by Gasteiger charge is -2.32. The zero-order valence-electron chi connectivity index (χ0n) is 25.6. The summed E-state index contributed by atoms with van der Waals surface area (Å²) in [6, 6.07) is 31.0. The summed E-state index contributed by atoms with van der Waals surface area (Å²) in [5.74, 6) is 0.424. The minimum absolute atomic E-state index is 0.0622. The fraction of sp³-hybridized carbons (Fsp3) is 0.278.